The summed E-state index contributed by atoms with van der Waals surface area (Å²) in [5.74, 6) is 1.10. The van der Waals surface area contributed by atoms with E-state index in [2.05, 4.69) is 42.7 Å². The zero-order chi connectivity index (χ0) is 19.2. The van der Waals surface area contributed by atoms with E-state index in [0.29, 0.717) is 5.92 Å². The topological polar surface area (TPSA) is 67.2 Å². The van der Waals surface area contributed by atoms with E-state index in [0.717, 1.165) is 54.6 Å². The van der Waals surface area contributed by atoms with E-state index in [1.807, 2.05) is 12.1 Å². The second-order valence-corrected chi connectivity index (χ2v) is 7.38. The first-order valence-corrected chi connectivity index (χ1v) is 9.52. The summed E-state index contributed by atoms with van der Waals surface area (Å²) >= 11 is 0. The number of carbonyl (C=O) groups is 1. The molecule has 0 saturated heterocycles. The van der Waals surface area contributed by atoms with Crippen molar-refractivity contribution in [1.29, 1.82) is 0 Å². The van der Waals surface area contributed by atoms with E-state index in [9.17, 15) is 4.79 Å². The third-order valence-corrected chi connectivity index (χ3v) is 4.74. The van der Waals surface area contributed by atoms with Crippen molar-refractivity contribution < 1.29 is 10.0 Å². The fourth-order valence-corrected chi connectivity index (χ4v) is 3.40. The molecule has 2 N–H and O–H groups in total. The van der Waals surface area contributed by atoms with Crippen LogP contribution in [-0.2, 0) is 17.8 Å². The van der Waals surface area contributed by atoms with Crippen molar-refractivity contribution in [3.8, 4) is 0 Å². The van der Waals surface area contributed by atoms with Crippen LogP contribution in [0.4, 0.5) is 0 Å². The normalized spacial score (nSPS) is 14.3. The van der Waals surface area contributed by atoms with Crippen LogP contribution in [0.2, 0.25) is 0 Å². The third kappa shape index (κ3) is 4.95. The summed E-state index contributed by atoms with van der Waals surface area (Å²) in [6, 6.07) is 6.03. The Hall–Kier alpha value is -2.66. The highest BCUT2D eigenvalue weighted by Crippen LogP contribution is 2.23. The summed E-state index contributed by atoms with van der Waals surface area (Å²) in [5, 5.41) is 8.60. The van der Waals surface area contributed by atoms with Gasteiger partial charge in [-0.1, -0.05) is 43.7 Å². The first kappa shape index (κ1) is 19.1. The van der Waals surface area contributed by atoms with Crippen LogP contribution in [0, 0.1) is 5.92 Å². The minimum atomic E-state index is -0.545. The lowest BCUT2D eigenvalue weighted by molar-refractivity contribution is -0.124. The van der Waals surface area contributed by atoms with E-state index in [4.69, 9.17) is 10.2 Å². The Morgan fingerprint density at radius 2 is 2.26 bits per heavy atom. The van der Waals surface area contributed by atoms with Gasteiger partial charge in [-0.2, -0.15) is 0 Å². The molecule has 0 fully saturated rings. The number of benzene rings is 1. The van der Waals surface area contributed by atoms with Gasteiger partial charge >= 0.3 is 0 Å². The molecular weight excluding hydrogens is 338 g/mol. The van der Waals surface area contributed by atoms with Gasteiger partial charge in [-0.05, 0) is 49.0 Å². The molecule has 1 heterocycles. The Bertz CT molecular complexity index is 904. The maximum absolute atomic E-state index is 11.2. The quantitative estimate of drug-likeness (QED) is 0.434. The van der Waals surface area contributed by atoms with Crippen molar-refractivity contribution in [2.24, 2.45) is 5.92 Å². The maximum atomic E-state index is 11.2. The van der Waals surface area contributed by atoms with Crippen molar-refractivity contribution in [3.63, 3.8) is 0 Å². The van der Waals surface area contributed by atoms with Gasteiger partial charge in [0.1, 0.15) is 5.82 Å². The smallest absolute Gasteiger partial charge is 0.267 e. The number of nitrogens with one attached hydrogen (secondary N) is 1. The molecule has 0 spiro atoms. The third-order valence-electron chi connectivity index (χ3n) is 4.74. The average molecular weight is 365 g/mol. The Morgan fingerprint density at radius 1 is 1.41 bits per heavy atom. The number of aryl methyl sites for hydroxylation is 1. The van der Waals surface area contributed by atoms with Gasteiger partial charge in [0.05, 0.1) is 11.0 Å². The van der Waals surface area contributed by atoms with Gasteiger partial charge in [0.25, 0.3) is 5.91 Å². The monoisotopic (exact) mass is 365 g/mol. The number of fused-ring (bicyclic) bond motifs is 1. The SMILES string of the molecule is CC(C)Cc1nc2cc(/C=C/C(=O)NO)ccc2n1CCC1=CC=CCC1. The van der Waals surface area contributed by atoms with Crippen LogP contribution < -0.4 is 5.48 Å². The molecule has 5 nitrogen and oxygen atoms in total. The van der Waals surface area contributed by atoms with Crippen molar-refractivity contribution in [2.75, 3.05) is 0 Å². The fraction of sp³-hybridized carbons (Fsp3) is 0.364. The zero-order valence-corrected chi connectivity index (χ0v) is 16.0. The zero-order valence-electron chi connectivity index (χ0n) is 16.0. The van der Waals surface area contributed by atoms with Crippen LogP contribution >= 0.6 is 0 Å². The minimum absolute atomic E-state index is 0.532. The number of nitrogens with zero attached hydrogens (tertiary/aromatic N) is 2. The summed E-state index contributed by atoms with van der Waals surface area (Å²) in [7, 11) is 0. The first-order chi connectivity index (χ1) is 13.1. The summed E-state index contributed by atoms with van der Waals surface area (Å²) < 4.78 is 2.34. The second-order valence-electron chi connectivity index (χ2n) is 7.38. The molecule has 1 aromatic carbocycles. The predicted octanol–water partition coefficient (Wildman–Crippen LogP) is 4.42. The van der Waals surface area contributed by atoms with Crippen LogP contribution in [0.15, 0.2) is 48.1 Å². The maximum Gasteiger partial charge on any atom is 0.267 e. The summed E-state index contributed by atoms with van der Waals surface area (Å²) in [4.78, 5) is 16.1. The van der Waals surface area contributed by atoms with E-state index < -0.39 is 5.91 Å². The van der Waals surface area contributed by atoms with Crippen LogP contribution in [0.5, 0.6) is 0 Å². The van der Waals surface area contributed by atoms with Gasteiger partial charge in [0.15, 0.2) is 0 Å². The largest absolute Gasteiger partial charge is 0.328 e. The van der Waals surface area contributed by atoms with Crippen molar-refractivity contribution in [2.45, 2.75) is 46.1 Å². The summed E-state index contributed by atoms with van der Waals surface area (Å²) in [6.07, 6.45) is 13.8. The predicted molar refractivity (Wildman–Crippen MR) is 108 cm³/mol. The van der Waals surface area contributed by atoms with Crippen molar-refractivity contribution in [1.82, 2.24) is 15.0 Å². The molecule has 142 valence electrons. The second kappa shape index (κ2) is 8.82. The Labute approximate surface area is 160 Å². The van der Waals surface area contributed by atoms with Gasteiger partial charge < -0.3 is 4.57 Å². The molecule has 0 unspecified atom stereocenters. The molecule has 0 aliphatic heterocycles. The highest BCUT2D eigenvalue weighted by atomic mass is 16.5. The highest BCUT2D eigenvalue weighted by molar-refractivity contribution is 5.91. The van der Waals surface area contributed by atoms with E-state index in [1.54, 1.807) is 11.6 Å². The molecule has 1 aliphatic carbocycles. The number of carbonyl (C=O) groups excluding carboxylic acids is 1. The number of aromatic nitrogens is 2. The average Bonchev–Trinajstić information content (AvgIpc) is 3.00. The molecule has 0 saturated carbocycles. The lowest BCUT2D eigenvalue weighted by Crippen LogP contribution is -2.14. The Morgan fingerprint density at radius 3 is 2.96 bits per heavy atom. The number of hydroxylamine groups is 1. The molecular formula is C22H27N3O2. The molecule has 2 aromatic rings. The van der Waals surface area contributed by atoms with Gasteiger partial charge in [0, 0.05) is 19.0 Å². The highest BCUT2D eigenvalue weighted by Gasteiger charge is 2.13. The summed E-state index contributed by atoms with van der Waals surface area (Å²) in [5.41, 5.74) is 6.04. The number of rotatable bonds is 7. The Balaban J connectivity index is 1.89. The standard InChI is InChI=1S/C22H27N3O2/c1-16(2)14-21-23-19-15-18(9-11-22(26)24-27)8-10-20(19)25(21)13-12-17-6-4-3-5-7-17/h3-4,6,8-11,15-16,27H,5,7,12-14H2,1-2H3,(H,24,26)/b11-9+. The molecule has 3 rings (SSSR count). The molecule has 0 radical (unpaired) electrons. The molecule has 27 heavy (non-hydrogen) atoms. The van der Waals surface area contributed by atoms with Crippen LogP contribution in [-0.4, -0.2) is 20.7 Å². The van der Waals surface area contributed by atoms with Crippen LogP contribution in [0.25, 0.3) is 17.1 Å². The number of hydrogen-bond acceptors (Lipinski definition) is 3. The van der Waals surface area contributed by atoms with Gasteiger partial charge in [0.2, 0.25) is 0 Å². The molecule has 1 aliphatic rings. The van der Waals surface area contributed by atoms with E-state index >= 15 is 0 Å². The number of amides is 1. The fourth-order valence-electron chi connectivity index (χ4n) is 3.40. The molecule has 1 amide bonds. The van der Waals surface area contributed by atoms with Gasteiger partial charge in [-0.3, -0.25) is 10.0 Å². The summed E-state index contributed by atoms with van der Waals surface area (Å²) in [6.45, 7) is 5.35. The lowest BCUT2D eigenvalue weighted by atomic mass is 10.0. The number of allylic oxidation sites excluding steroid dienone is 4. The first-order valence-electron chi connectivity index (χ1n) is 9.52. The van der Waals surface area contributed by atoms with E-state index in [-0.39, 0.29) is 0 Å². The molecule has 0 bridgehead atoms. The number of imidazole rings is 1. The van der Waals surface area contributed by atoms with E-state index in [1.165, 1.54) is 11.6 Å². The Kier molecular flexibility index (Phi) is 6.24. The van der Waals surface area contributed by atoms with Crippen LogP contribution in [0.3, 0.4) is 0 Å². The van der Waals surface area contributed by atoms with Gasteiger partial charge in [-0.15, -0.1) is 0 Å². The van der Waals surface area contributed by atoms with Crippen molar-refractivity contribution >= 4 is 23.0 Å². The molecule has 0 atom stereocenters. The minimum Gasteiger partial charge on any atom is -0.328 e. The van der Waals surface area contributed by atoms with Crippen molar-refractivity contribution in [3.05, 3.63) is 59.5 Å². The van der Waals surface area contributed by atoms with Gasteiger partial charge in [-0.25, -0.2) is 10.5 Å². The van der Waals surface area contributed by atoms with Crippen LogP contribution in [0.1, 0.15) is 44.5 Å². The molecule has 1 aromatic heterocycles. The number of hydrogen-bond donors (Lipinski definition) is 2. The lowest BCUT2D eigenvalue weighted by Gasteiger charge is -2.13. The molecule has 5 heteroatoms.